The molecular formula is C32H38Cl2Zr. The summed E-state index contributed by atoms with van der Waals surface area (Å²) in [5.41, 5.74) is 10.1. The Morgan fingerprint density at radius 3 is 2.11 bits per heavy atom. The van der Waals surface area contributed by atoms with Crippen LogP contribution < -0.4 is 6.54 Å². The normalized spacial score (nSPS) is 16.9. The van der Waals surface area contributed by atoms with Gasteiger partial charge < -0.3 is 0 Å². The fourth-order valence-electron chi connectivity index (χ4n) is 6.98. The molecule has 0 bridgehead atoms. The van der Waals surface area contributed by atoms with Crippen molar-refractivity contribution in [1.82, 2.24) is 0 Å². The van der Waals surface area contributed by atoms with Crippen LogP contribution in [0, 0.1) is 18.8 Å². The quantitative estimate of drug-likeness (QED) is 0.228. The van der Waals surface area contributed by atoms with Crippen molar-refractivity contribution in [3.63, 3.8) is 0 Å². The fourth-order valence-corrected chi connectivity index (χ4v) is 21.8. The van der Waals surface area contributed by atoms with Crippen LogP contribution in [0.2, 0.25) is 4.63 Å². The van der Waals surface area contributed by atoms with Gasteiger partial charge in [0.1, 0.15) is 0 Å². The van der Waals surface area contributed by atoms with Gasteiger partial charge in [0.05, 0.1) is 0 Å². The van der Waals surface area contributed by atoms with E-state index in [0.717, 1.165) is 6.42 Å². The summed E-state index contributed by atoms with van der Waals surface area (Å²) in [4.78, 5) is 0. The molecule has 184 valence electrons. The first kappa shape index (κ1) is 28.1. The Labute approximate surface area is 225 Å². The Morgan fingerprint density at radius 1 is 0.857 bits per heavy atom. The molecule has 0 fully saturated rings. The minimum absolute atomic E-state index is 0. The molecule has 0 heterocycles. The van der Waals surface area contributed by atoms with Crippen LogP contribution in [0.3, 0.4) is 0 Å². The summed E-state index contributed by atoms with van der Waals surface area (Å²) >= 11 is -4.16. The van der Waals surface area contributed by atoms with E-state index in [9.17, 15) is 0 Å². The summed E-state index contributed by atoms with van der Waals surface area (Å²) in [6.07, 6.45) is 3.55. The summed E-state index contributed by atoms with van der Waals surface area (Å²) in [6, 6.07) is 25.4. The molecule has 3 heteroatoms. The Hall–Kier alpha value is -1.53. The topological polar surface area (TPSA) is 0 Å². The average Bonchev–Trinajstić information content (AvgIpc) is 3.31. The summed E-state index contributed by atoms with van der Waals surface area (Å²) in [7, 11) is 0. The van der Waals surface area contributed by atoms with E-state index >= 15 is 0 Å². The van der Waals surface area contributed by atoms with Crippen molar-refractivity contribution in [2.45, 2.75) is 45.7 Å². The van der Waals surface area contributed by atoms with Crippen molar-refractivity contribution < 1.29 is 18.3 Å². The number of aryl methyl sites for hydroxylation is 1. The molecule has 2 aliphatic rings. The molecule has 0 saturated heterocycles. The van der Waals surface area contributed by atoms with Gasteiger partial charge in [-0.25, -0.2) is 0 Å². The fraction of sp³-hybridized carbons (Fsp3) is 0.281. The zero-order chi connectivity index (χ0) is 23.6. The number of hydrogen-bond donors (Lipinski definition) is 0. The summed E-state index contributed by atoms with van der Waals surface area (Å²) in [6.45, 7) is 11.6. The second kappa shape index (κ2) is 9.74. The van der Waals surface area contributed by atoms with Gasteiger partial charge >= 0.3 is 202 Å². The number of hydrogen-bond acceptors (Lipinski definition) is 0. The van der Waals surface area contributed by atoms with E-state index in [1.807, 2.05) is 0 Å². The molecule has 0 radical (unpaired) electrons. The van der Waals surface area contributed by atoms with E-state index in [1.165, 1.54) is 42.2 Å². The molecule has 0 aromatic heterocycles. The van der Waals surface area contributed by atoms with Gasteiger partial charge in [0.15, 0.2) is 0 Å². The number of benzene rings is 3. The third-order valence-electron chi connectivity index (χ3n) is 8.49. The molecule has 3 aromatic rings. The standard InChI is InChI=1S/C13H9.C10H15.C7H7.CH3.CH2.2ClH.Zr/c1-3-7-12-10(5-1)9-11-6-2-4-8-13(11)12;1-7(2)10-6-8(3)5-9(10)4;1-7-5-3-2-4-6-7;;;;;/h1-5,7-8H,9H2;6-8H,1-4H3;3-6H,1H3;1H3;1H2;2*1H;. The van der Waals surface area contributed by atoms with E-state index in [1.54, 1.807) is 6.55 Å². The monoisotopic (exact) mass is 582 g/mol. The van der Waals surface area contributed by atoms with Crippen molar-refractivity contribution >= 4 is 35.6 Å². The zero-order valence-electron chi connectivity index (χ0n) is 21.8. The predicted octanol–water partition coefficient (Wildman–Crippen LogP) is 8.04. The third kappa shape index (κ3) is 4.13. The van der Waals surface area contributed by atoms with Crippen LogP contribution in [-0.2, 0) is 24.7 Å². The van der Waals surface area contributed by atoms with Gasteiger partial charge in [-0.05, 0) is 0 Å². The summed E-state index contributed by atoms with van der Waals surface area (Å²) in [5.74, 6) is 0.962. The molecule has 0 spiro atoms. The van der Waals surface area contributed by atoms with Crippen LogP contribution in [0.25, 0.3) is 11.1 Å². The predicted molar refractivity (Wildman–Crippen MR) is 157 cm³/mol. The van der Waals surface area contributed by atoms with Crippen LogP contribution in [0.1, 0.15) is 44.4 Å². The van der Waals surface area contributed by atoms with Crippen LogP contribution in [-0.4, -0.2) is 4.21 Å². The average molecular weight is 585 g/mol. The molecule has 35 heavy (non-hydrogen) atoms. The van der Waals surface area contributed by atoms with E-state index in [-0.39, 0.29) is 24.8 Å². The third-order valence-corrected chi connectivity index (χ3v) is 23.5. The van der Waals surface area contributed by atoms with Crippen LogP contribution >= 0.6 is 24.8 Å². The number of allylic oxidation sites excluding steroid dienone is 4. The van der Waals surface area contributed by atoms with Gasteiger partial charge in [-0.2, -0.15) is 0 Å². The Bertz CT molecular complexity index is 1410. The number of fused-ring (bicyclic) bond motifs is 3. The number of halogens is 2. The summed E-state index contributed by atoms with van der Waals surface area (Å²) in [5, 5.41) is 0. The van der Waals surface area contributed by atoms with Crippen LogP contribution in [0.4, 0.5) is 0 Å². The van der Waals surface area contributed by atoms with Gasteiger partial charge in [0, 0.05) is 0 Å². The molecule has 0 nitrogen and oxygen atoms in total. The maximum atomic E-state index is 5.41. The molecule has 0 aliphatic heterocycles. The first-order valence-electron chi connectivity index (χ1n) is 12.4. The Balaban J connectivity index is 0.00000171. The molecule has 5 rings (SSSR count). The first-order valence-corrected chi connectivity index (χ1v) is 20.3. The molecular weight excluding hydrogens is 546 g/mol. The van der Waals surface area contributed by atoms with Crippen molar-refractivity contribution in [2.24, 2.45) is 11.8 Å². The van der Waals surface area contributed by atoms with Gasteiger partial charge in [-0.15, -0.1) is 24.8 Å². The maximum absolute atomic E-state index is 5.41. The Morgan fingerprint density at radius 2 is 1.49 bits per heavy atom. The second-order valence-electron chi connectivity index (χ2n) is 11.1. The van der Waals surface area contributed by atoms with Gasteiger partial charge in [0.2, 0.25) is 0 Å². The van der Waals surface area contributed by atoms with E-state index in [4.69, 9.17) is 4.21 Å². The first-order chi connectivity index (χ1) is 15.6. The SMILES string of the molecule is Cl.Cl.[CH2]=[Zr]([CH3])([C]1=C(C)C(C(C)C)=CC1C)([c]1ccc(C)cc1)[c]1cccc2c1Cc1ccccc1-2. The second-order valence-corrected chi connectivity index (χ2v) is 25.1. The molecule has 0 amide bonds. The van der Waals surface area contributed by atoms with E-state index in [2.05, 4.69) is 112 Å². The molecule has 0 N–H and O–H groups in total. The van der Waals surface area contributed by atoms with Crippen molar-refractivity contribution in [3.8, 4) is 11.1 Å². The molecule has 1 unspecified atom stereocenters. The van der Waals surface area contributed by atoms with Crippen molar-refractivity contribution in [2.75, 3.05) is 0 Å². The van der Waals surface area contributed by atoms with Crippen LogP contribution in [0.5, 0.6) is 0 Å². The van der Waals surface area contributed by atoms with Gasteiger partial charge in [-0.3, -0.25) is 0 Å². The zero-order valence-corrected chi connectivity index (χ0v) is 25.9. The molecule has 1 atom stereocenters. The van der Waals surface area contributed by atoms with Gasteiger partial charge in [0.25, 0.3) is 0 Å². The van der Waals surface area contributed by atoms with Crippen LogP contribution in [0.15, 0.2) is 87.2 Å². The summed E-state index contributed by atoms with van der Waals surface area (Å²) < 4.78 is 12.7. The molecule has 0 saturated carbocycles. The molecule has 3 aromatic carbocycles. The molecule has 2 aliphatic carbocycles. The Kier molecular flexibility index (Phi) is 7.80. The number of rotatable bonds is 4. The van der Waals surface area contributed by atoms with Gasteiger partial charge in [-0.1, -0.05) is 0 Å². The van der Waals surface area contributed by atoms with E-state index < -0.39 is 18.3 Å². The van der Waals surface area contributed by atoms with Crippen molar-refractivity contribution in [1.29, 1.82) is 0 Å². The van der Waals surface area contributed by atoms with Crippen molar-refractivity contribution in [3.05, 3.63) is 104 Å². The van der Waals surface area contributed by atoms with E-state index in [0.29, 0.717) is 11.8 Å². The minimum atomic E-state index is -4.16.